The lowest BCUT2D eigenvalue weighted by molar-refractivity contribution is -0.140. The lowest BCUT2D eigenvalue weighted by Gasteiger charge is -2.22. The first-order chi connectivity index (χ1) is 9.66. The zero-order chi connectivity index (χ0) is 15.8. The van der Waals surface area contributed by atoms with Crippen LogP contribution in [-0.2, 0) is 6.18 Å². The summed E-state index contributed by atoms with van der Waals surface area (Å²) >= 11 is 0. The Kier molecular flexibility index (Phi) is 3.97. The minimum atomic E-state index is -4.82. The molecule has 1 aromatic rings. The second-order valence-electron chi connectivity index (χ2n) is 5.68. The summed E-state index contributed by atoms with van der Waals surface area (Å²) in [5.41, 5.74) is 3.83. The monoisotopic (exact) mass is 304 g/mol. The van der Waals surface area contributed by atoms with Gasteiger partial charge < -0.3 is 10.6 Å². The Labute approximate surface area is 119 Å². The Hall–Kier alpha value is -1.63. The average molecular weight is 304 g/mol. The molecule has 0 radical (unpaired) electrons. The summed E-state index contributed by atoms with van der Waals surface area (Å²) in [5.74, 6) is -1.91. The van der Waals surface area contributed by atoms with Crippen molar-refractivity contribution in [3.63, 3.8) is 0 Å². The first kappa shape index (κ1) is 15.8. The number of nitrogens with two attached hydrogens (primary N) is 1. The zero-order valence-corrected chi connectivity index (χ0v) is 11.5. The number of likely N-dealkylation sites (tertiary alicyclic amines) is 1. The SMILES string of the molecule is CC1(CN)CCN(C(=O)c2ccc(F)c(C(F)(F)F)c2)C1. The molecule has 0 bridgehead atoms. The fourth-order valence-electron chi connectivity index (χ4n) is 2.42. The Morgan fingerprint density at radius 3 is 2.62 bits per heavy atom. The number of amides is 1. The van der Waals surface area contributed by atoms with Crippen LogP contribution in [0.3, 0.4) is 0 Å². The molecule has 2 rings (SSSR count). The van der Waals surface area contributed by atoms with Gasteiger partial charge in [0.25, 0.3) is 5.91 Å². The molecule has 2 N–H and O–H groups in total. The minimum Gasteiger partial charge on any atom is -0.338 e. The molecule has 1 aliphatic heterocycles. The molecule has 0 aromatic heterocycles. The first-order valence-corrected chi connectivity index (χ1v) is 6.52. The largest absolute Gasteiger partial charge is 0.419 e. The van der Waals surface area contributed by atoms with E-state index in [0.29, 0.717) is 38.2 Å². The quantitative estimate of drug-likeness (QED) is 0.854. The van der Waals surface area contributed by atoms with E-state index in [4.69, 9.17) is 5.73 Å². The van der Waals surface area contributed by atoms with E-state index in [9.17, 15) is 22.4 Å². The second-order valence-corrected chi connectivity index (χ2v) is 5.68. The van der Waals surface area contributed by atoms with E-state index in [0.717, 1.165) is 6.07 Å². The van der Waals surface area contributed by atoms with Gasteiger partial charge in [0.1, 0.15) is 5.82 Å². The van der Waals surface area contributed by atoms with Crippen LogP contribution in [0.4, 0.5) is 17.6 Å². The maximum Gasteiger partial charge on any atom is 0.419 e. The molecule has 1 saturated heterocycles. The number of halogens is 4. The third-order valence-electron chi connectivity index (χ3n) is 3.86. The fourth-order valence-corrected chi connectivity index (χ4v) is 2.42. The average Bonchev–Trinajstić information content (AvgIpc) is 2.81. The van der Waals surface area contributed by atoms with Gasteiger partial charge in [-0.15, -0.1) is 0 Å². The van der Waals surface area contributed by atoms with Gasteiger partial charge in [0, 0.05) is 18.7 Å². The van der Waals surface area contributed by atoms with Crippen LogP contribution in [0.25, 0.3) is 0 Å². The maximum atomic E-state index is 13.2. The molecule has 1 atom stereocenters. The van der Waals surface area contributed by atoms with Crippen LogP contribution in [0, 0.1) is 11.2 Å². The van der Waals surface area contributed by atoms with Gasteiger partial charge in [-0.05, 0) is 36.6 Å². The second kappa shape index (κ2) is 5.29. The fraction of sp³-hybridized carbons (Fsp3) is 0.500. The Morgan fingerprint density at radius 1 is 1.43 bits per heavy atom. The molecule has 0 saturated carbocycles. The van der Waals surface area contributed by atoms with Gasteiger partial charge in [-0.3, -0.25) is 4.79 Å². The molecular formula is C14H16F4N2O. The van der Waals surface area contributed by atoms with Crippen LogP contribution in [0.15, 0.2) is 18.2 Å². The lowest BCUT2D eigenvalue weighted by Crippen LogP contribution is -2.34. The highest BCUT2D eigenvalue weighted by Gasteiger charge is 2.37. The van der Waals surface area contributed by atoms with Crippen molar-refractivity contribution in [3.8, 4) is 0 Å². The van der Waals surface area contributed by atoms with Crippen molar-refractivity contribution in [1.29, 1.82) is 0 Å². The molecule has 0 spiro atoms. The van der Waals surface area contributed by atoms with E-state index in [1.165, 1.54) is 4.90 Å². The highest BCUT2D eigenvalue weighted by atomic mass is 19.4. The normalized spacial score (nSPS) is 22.7. The molecule has 1 amide bonds. The molecule has 1 heterocycles. The minimum absolute atomic E-state index is 0.162. The number of hydrogen-bond donors (Lipinski definition) is 1. The molecule has 21 heavy (non-hydrogen) atoms. The Balaban J connectivity index is 2.25. The van der Waals surface area contributed by atoms with Crippen molar-refractivity contribution in [2.24, 2.45) is 11.1 Å². The van der Waals surface area contributed by atoms with Gasteiger partial charge in [-0.25, -0.2) is 4.39 Å². The molecular weight excluding hydrogens is 288 g/mol. The lowest BCUT2D eigenvalue weighted by atomic mass is 9.90. The Bertz CT molecular complexity index is 558. The van der Waals surface area contributed by atoms with Crippen LogP contribution in [0.2, 0.25) is 0 Å². The predicted octanol–water partition coefficient (Wildman–Crippen LogP) is 2.66. The summed E-state index contributed by atoms with van der Waals surface area (Å²) in [5, 5.41) is 0. The maximum absolute atomic E-state index is 13.2. The molecule has 1 aromatic carbocycles. The number of nitrogens with zero attached hydrogens (tertiary/aromatic N) is 1. The van der Waals surface area contributed by atoms with Crippen LogP contribution < -0.4 is 5.73 Å². The van der Waals surface area contributed by atoms with Crippen LogP contribution in [0.1, 0.15) is 29.3 Å². The van der Waals surface area contributed by atoms with Crippen molar-refractivity contribution in [2.45, 2.75) is 19.5 Å². The van der Waals surface area contributed by atoms with Gasteiger partial charge in [0.15, 0.2) is 0 Å². The summed E-state index contributed by atoms with van der Waals surface area (Å²) in [6.07, 6.45) is -4.13. The van der Waals surface area contributed by atoms with Crippen LogP contribution in [-0.4, -0.2) is 30.4 Å². The smallest absolute Gasteiger partial charge is 0.338 e. The summed E-state index contributed by atoms with van der Waals surface area (Å²) in [7, 11) is 0. The number of alkyl halides is 3. The summed E-state index contributed by atoms with van der Waals surface area (Å²) in [4.78, 5) is 13.7. The standard InChI is InChI=1S/C14H16F4N2O/c1-13(7-19)4-5-20(8-13)12(21)9-2-3-11(15)10(6-9)14(16,17)18/h2-3,6H,4-5,7-8,19H2,1H3. The highest BCUT2D eigenvalue weighted by Crippen LogP contribution is 2.33. The van der Waals surface area contributed by atoms with Crippen molar-refractivity contribution in [3.05, 3.63) is 35.1 Å². The highest BCUT2D eigenvalue weighted by molar-refractivity contribution is 5.94. The third kappa shape index (κ3) is 3.18. The van der Waals surface area contributed by atoms with Gasteiger partial charge >= 0.3 is 6.18 Å². The Morgan fingerprint density at radius 2 is 2.10 bits per heavy atom. The van der Waals surface area contributed by atoms with E-state index >= 15 is 0 Å². The number of hydrogen-bond acceptors (Lipinski definition) is 2. The third-order valence-corrected chi connectivity index (χ3v) is 3.86. The molecule has 7 heteroatoms. The molecule has 1 aliphatic rings. The van der Waals surface area contributed by atoms with Crippen molar-refractivity contribution in [2.75, 3.05) is 19.6 Å². The predicted molar refractivity (Wildman–Crippen MR) is 69.1 cm³/mol. The van der Waals surface area contributed by atoms with E-state index < -0.39 is 23.5 Å². The van der Waals surface area contributed by atoms with E-state index in [-0.39, 0.29) is 11.0 Å². The van der Waals surface area contributed by atoms with Crippen molar-refractivity contribution < 1.29 is 22.4 Å². The van der Waals surface area contributed by atoms with Gasteiger partial charge in [-0.1, -0.05) is 6.92 Å². The summed E-state index contributed by atoms with van der Waals surface area (Å²) < 4.78 is 51.2. The van der Waals surface area contributed by atoms with Gasteiger partial charge in [0.05, 0.1) is 5.56 Å². The molecule has 1 fully saturated rings. The molecule has 0 aliphatic carbocycles. The summed E-state index contributed by atoms with van der Waals surface area (Å²) in [6, 6.07) is 2.31. The summed E-state index contributed by atoms with van der Waals surface area (Å²) in [6.45, 7) is 3.15. The van der Waals surface area contributed by atoms with Gasteiger partial charge in [-0.2, -0.15) is 13.2 Å². The topological polar surface area (TPSA) is 46.3 Å². The van der Waals surface area contributed by atoms with Crippen molar-refractivity contribution in [1.82, 2.24) is 4.90 Å². The van der Waals surface area contributed by atoms with Crippen LogP contribution in [0.5, 0.6) is 0 Å². The van der Waals surface area contributed by atoms with E-state index in [2.05, 4.69) is 0 Å². The molecule has 116 valence electrons. The van der Waals surface area contributed by atoms with E-state index in [1.807, 2.05) is 6.92 Å². The first-order valence-electron chi connectivity index (χ1n) is 6.52. The zero-order valence-electron chi connectivity index (χ0n) is 11.5. The number of benzene rings is 1. The number of carbonyl (C=O) groups is 1. The number of carbonyl (C=O) groups excluding carboxylic acids is 1. The van der Waals surface area contributed by atoms with Crippen molar-refractivity contribution >= 4 is 5.91 Å². The van der Waals surface area contributed by atoms with Crippen LogP contribution >= 0.6 is 0 Å². The van der Waals surface area contributed by atoms with E-state index in [1.54, 1.807) is 0 Å². The molecule has 1 unspecified atom stereocenters. The number of rotatable bonds is 2. The van der Waals surface area contributed by atoms with Gasteiger partial charge in [0.2, 0.25) is 0 Å². The molecule has 3 nitrogen and oxygen atoms in total.